The Balaban J connectivity index is 1.88. The van der Waals surface area contributed by atoms with Crippen LogP contribution in [0.15, 0.2) is 0 Å². The molecule has 0 aromatic carbocycles. The van der Waals surface area contributed by atoms with Crippen LogP contribution in [-0.2, 0) is 14.3 Å². The highest BCUT2D eigenvalue weighted by Gasteiger charge is 2.68. The lowest BCUT2D eigenvalue weighted by atomic mass is 9.76. The van der Waals surface area contributed by atoms with Gasteiger partial charge >= 0.3 is 5.97 Å². The van der Waals surface area contributed by atoms with Gasteiger partial charge in [-0.05, 0) is 12.8 Å². The second-order valence-corrected chi connectivity index (χ2v) is 4.03. The van der Waals surface area contributed by atoms with Crippen molar-refractivity contribution in [2.75, 3.05) is 6.61 Å². The predicted octanol–water partition coefficient (Wildman–Crippen LogP) is 0.871. The van der Waals surface area contributed by atoms with Crippen LogP contribution >= 0.6 is 0 Å². The van der Waals surface area contributed by atoms with Gasteiger partial charge in [0.1, 0.15) is 5.60 Å². The Hall–Kier alpha value is -0.570. The number of hydrogen-bond donors (Lipinski definition) is 0. The molecule has 0 bridgehead atoms. The Morgan fingerprint density at radius 1 is 1.42 bits per heavy atom. The number of carbonyl (C=O) groups is 1. The molecule has 3 unspecified atom stereocenters. The standard InChI is InChI=1S/C9H12O3/c10-8-7-9(12-7)4-2-1-3-6(9)5-11-8/h6-7H,1-5H2. The van der Waals surface area contributed by atoms with Crippen molar-refractivity contribution in [1.82, 2.24) is 0 Å². The van der Waals surface area contributed by atoms with Crippen LogP contribution in [0, 0.1) is 5.92 Å². The van der Waals surface area contributed by atoms with E-state index in [1.54, 1.807) is 0 Å². The van der Waals surface area contributed by atoms with E-state index in [0.29, 0.717) is 12.5 Å². The summed E-state index contributed by atoms with van der Waals surface area (Å²) < 4.78 is 10.5. The lowest BCUT2D eigenvalue weighted by molar-refractivity contribution is -0.149. The van der Waals surface area contributed by atoms with E-state index < -0.39 is 0 Å². The third kappa shape index (κ3) is 0.678. The molecular formula is C9H12O3. The highest BCUT2D eigenvalue weighted by atomic mass is 16.7. The molecule has 2 aliphatic heterocycles. The van der Waals surface area contributed by atoms with Gasteiger partial charge in [0, 0.05) is 5.92 Å². The third-order valence-electron chi connectivity index (χ3n) is 3.43. The summed E-state index contributed by atoms with van der Waals surface area (Å²) in [6, 6.07) is 0. The molecule has 1 aliphatic carbocycles. The number of esters is 1. The first-order valence-corrected chi connectivity index (χ1v) is 4.67. The topological polar surface area (TPSA) is 38.8 Å². The van der Waals surface area contributed by atoms with Gasteiger partial charge in [0.15, 0.2) is 6.10 Å². The number of cyclic esters (lactones) is 1. The van der Waals surface area contributed by atoms with Crippen molar-refractivity contribution in [1.29, 1.82) is 0 Å². The SMILES string of the molecule is O=C1OCC2CCCCC23OC13. The summed E-state index contributed by atoms with van der Waals surface area (Å²) in [5.74, 6) is 0.363. The molecule has 12 heavy (non-hydrogen) atoms. The van der Waals surface area contributed by atoms with Gasteiger partial charge in [-0.15, -0.1) is 0 Å². The summed E-state index contributed by atoms with van der Waals surface area (Å²) in [5, 5.41) is 0. The highest BCUT2D eigenvalue weighted by molar-refractivity contribution is 5.80. The van der Waals surface area contributed by atoms with E-state index in [0.717, 1.165) is 6.42 Å². The van der Waals surface area contributed by atoms with Crippen LogP contribution < -0.4 is 0 Å². The zero-order chi connectivity index (χ0) is 8.18. The minimum atomic E-state index is -0.198. The molecule has 3 nitrogen and oxygen atoms in total. The smallest absolute Gasteiger partial charge is 0.338 e. The van der Waals surface area contributed by atoms with E-state index in [2.05, 4.69) is 0 Å². The highest BCUT2D eigenvalue weighted by Crippen LogP contribution is 2.54. The number of epoxide rings is 1. The summed E-state index contributed by atoms with van der Waals surface area (Å²) in [5.41, 5.74) is -0.0619. The lowest BCUT2D eigenvalue weighted by Crippen LogP contribution is -2.41. The average Bonchev–Trinajstić information content (AvgIpc) is 2.80. The van der Waals surface area contributed by atoms with Gasteiger partial charge in [0.2, 0.25) is 0 Å². The minimum Gasteiger partial charge on any atom is -0.463 e. The van der Waals surface area contributed by atoms with Crippen molar-refractivity contribution in [2.24, 2.45) is 5.92 Å². The van der Waals surface area contributed by atoms with E-state index in [1.165, 1.54) is 19.3 Å². The van der Waals surface area contributed by atoms with Crippen LogP contribution in [0.4, 0.5) is 0 Å². The van der Waals surface area contributed by atoms with E-state index in [-0.39, 0.29) is 17.7 Å². The second-order valence-electron chi connectivity index (χ2n) is 4.03. The largest absolute Gasteiger partial charge is 0.463 e. The van der Waals surface area contributed by atoms with Gasteiger partial charge in [-0.25, -0.2) is 4.79 Å². The predicted molar refractivity (Wildman–Crippen MR) is 40.5 cm³/mol. The minimum absolute atomic E-state index is 0.0619. The van der Waals surface area contributed by atoms with E-state index in [9.17, 15) is 4.79 Å². The molecule has 2 saturated heterocycles. The monoisotopic (exact) mass is 168 g/mol. The summed E-state index contributed by atoms with van der Waals surface area (Å²) in [7, 11) is 0. The molecule has 3 aliphatic rings. The summed E-state index contributed by atoms with van der Waals surface area (Å²) in [4.78, 5) is 11.1. The molecule has 3 rings (SSSR count). The normalized spacial score (nSPS) is 50.5. The lowest BCUT2D eigenvalue weighted by Gasteiger charge is -2.31. The van der Waals surface area contributed by atoms with Crippen LogP contribution in [0.5, 0.6) is 0 Å². The Morgan fingerprint density at radius 2 is 2.33 bits per heavy atom. The molecule has 3 fully saturated rings. The molecule has 2 heterocycles. The van der Waals surface area contributed by atoms with Crippen molar-refractivity contribution < 1.29 is 14.3 Å². The number of rotatable bonds is 0. The maximum Gasteiger partial charge on any atom is 0.338 e. The zero-order valence-electron chi connectivity index (χ0n) is 6.91. The molecule has 3 heteroatoms. The van der Waals surface area contributed by atoms with E-state index in [1.807, 2.05) is 0 Å². The van der Waals surface area contributed by atoms with E-state index in [4.69, 9.17) is 9.47 Å². The Kier molecular flexibility index (Phi) is 1.16. The Morgan fingerprint density at radius 3 is 3.25 bits per heavy atom. The van der Waals surface area contributed by atoms with Gasteiger partial charge in [-0.1, -0.05) is 12.8 Å². The average molecular weight is 168 g/mol. The Labute approximate surface area is 71.0 Å². The second kappa shape index (κ2) is 2.02. The first-order valence-electron chi connectivity index (χ1n) is 4.67. The molecule has 3 atom stereocenters. The van der Waals surface area contributed by atoms with Crippen molar-refractivity contribution in [3.05, 3.63) is 0 Å². The van der Waals surface area contributed by atoms with Crippen LogP contribution in [0.1, 0.15) is 25.7 Å². The van der Waals surface area contributed by atoms with E-state index >= 15 is 0 Å². The fourth-order valence-electron chi connectivity index (χ4n) is 2.66. The van der Waals surface area contributed by atoms with Crippen LogP contribution in [0.2, 0.25) is 0 Å². The fourth-order valence-corrected chi connectivity index (χ4v) is 2.66. The number of ether oxygens (including phenoxy) is 2. The maximum absolute atomic E-state index is 11.1. The number of carbonyl (C=O) groups excluding carboxylic acids is 1. The van der Waals surface area contributed by atoms with Gasteiger partial charge in [-0.2, -0.15) is 0 Å². The molecule has 0 aromatic rings. The van der Waals surface area contributed by atoms with Crippen LogP contribution in [-0.4, -0.2) is 24.3 Å². The molecule has 0 radical (unpaired) electrons. The maximum atomic E-state index is 11.1. The quantitative estimate of drug-likeness (QED) is 0.398. The van der Waals surface area contributed by atoms with Crippen molar-refractivity contribution >= 4 is 5.97 Å². The van der Waals surface area contributed by atoms with Crippen LogP contribution in [0.25, 0.3) is 0 Å². The fraction of sp³-hybridized carbons (Fsp3) is 0.889. The summed E-state index contributed by atoms with van der Waals surface area (Å²) in [6.45, 7) is 0.593. The zero-order valence-corrected chi connectivity index (χ0v) is 6.91. The van der Waals surface area contributed by atoms with Crippen molar-refractivity contribution in [3.8, 4) is 0 Å². The van der Waals surface area contributed by atoms with Crippen molar-refractivity contribution in [3.63, 3.8) is 0 Å². The molecule has 1 spiro atoms. The molecule has 0 amide bonds. The molecular weight excluding hydrogens is 156 g/mol. The Bertz CT molecular complexity index is 238. The molecule has 0 N–H and O–H groups in total. The first kappa shape index (κ1) is 6.89. The molecule has 1 saturated carbocycles. The summed E-state index contributed by atoms with van der Waals surface area (Å²) >= 11 is 0. The first-order chi connectivity index (χ1) is 5.83. The van der Waals surface area contributed by atoms with Crippen molar-refractivity contribution in [2.45, 2.75) is 37.4 Å². The van der Waals surface area contributed by atoms with Gasteiger partial charge in [0.05, 0.1) is 6.61 Å². The van der Waals surface area contributed by atoms with Gasteiger partial charge in [-0.3, -0.25) is 0 Å². The summed E-state index contributed by atoms with van der Waals surface area (Å²) in [6.07, 6.45) is 4.51. The molecule has 66 valence electrons. The van der Waals surface area contributed by atoms with Gasteiger partial charge in [0.25, 0.3) is 0 Å². The molecule has 0 aromatic heterocycles. The third-order valence-corrected chi connectivity index (χ3v) is 3.43. The van der Waals surface area contributed by atoms with Crippen LogP contribution in [0.3, 0.4) is 0 Å². The number of hydrogen-bond acceptors (Lipinski definition) is 3. The van der Waals surface area contributed by atoms with Gasteiger partial charge < -0.3 is 9.47 Å².